The third kappa shape index (κ3) is 4.19. The Balaban J connectivity index is 2.12. The van der Waals surface area contributed by atoms with E-state index in [1.54, 1.807) is 23.5 Å². The maximum atomic E-state index is 11.0. The first kappa shape index (κ1) is 15.3. The van der Waals surface area contributed by atoms with Gasteiger partial charge in [-0.05, 0) is 31.5 Å². The second-order valence-corrected chi connectivity index (χ2v) is 5.88. The van der Waals surface area contributed by atoms with Crippen LogP contribution in [-0.4, -0.2) is 11.5 Å². The van der Waals surface area contributed by atoms with Crippen molar-refractivity contribution in [3.05, 3.63) is 50.2 Å². The lowest BCUT2D eigenvalue weighted by Gasteiger charge is -2.09. The predicted molar refractivity (Wildman–Crippen MR) is 88.3 cm³/mol. The van der Waals surface area contributed by atoms with Crippen LogP contribution < -0.4 is 10.6 Å². The molecule has 0 atom stereocenters. The van der Waals surface area contributed by atoms with E-state index in [2.05, 4.69) is 29.7 Å². The van der Waals surface area contributed by atoms with E-state index in [1.807, 2.05) is 13.0 Å². The third-order valence-corrected chi connectivity index (χ3v) is 4.27. The lowest BCUT2D eigenvalue weighted by Crippen LogP contribution is -2.02. The largest absolute Gasteiger partial charge is 0.385 e. The van der Waals surface area contributed by atoms with Gasteiger partial charge in [-0.1, -0.05) is 6.92 Å². The molecule has 0 aliphatic carbocycles. The van der Waals surface area contributed by atoms with E-state index in [1.165, 1.54) is 9.75 Å². The highest BCUT2D eigenvalue weighted by Crippen LogP contribution is 2.25. The Bertz CT molecular complexity index is 625. The van der Waals surface area contributed by atoms with Crippen LogP contribution in [0.1, 0.15) is 23.6 Å². The third-order valence-electron chi connectivity index (χ3n) is 3.04. The molecule has 0 saturated carbocycles. The molecule has 0 radical (unpaired) electrons. The average molecular weight is 305 g/mol. The number of hydrogen-bond donors (Lipinski definition) is 2. The lowest BCUT2D eigenvalue weighted by molar-refractivity contribution is -0.384. The molecule has 0 fully saturated rings. The second kappa shape index (κ2) is 7.08. The predicted octanol–water partition coefficient (Wildman–Crippen LogP) is 4.26. The summed E-state index contributed by atoms with van der Waals surface area (Å²) in [5.41, 5.74) is 1.61. The zero-order valence-electron chi connectivity index (χ0n) is 12.2. The van der Waals surface area contributed by atoms with Crippen LogP contribution in [0.15, 0.2) is 30.3 Å². The molecule has 21 heavy (non-hydrogen) atoms. The molecule has 0 aliphatic rings. The zero-order chi connectivity index (χ0) is 15.2. The number of hydrogen-bond acceptors (Lipinski definition) is 5. The summed E-state index contributed by atoms with van der Waals surface area (Å²) in [4.78, 5) is 13.2. The summed E-state index contributed by atoms with van der Waals surface area (Å²) in [6, 6.07) is 9.23. The van der Waals surface area contributed by atoms with E-state index >= 15 is 0 Å². The van der Waals surface area contributed by atoms with E-state index in [0.29, 0.717) is 6.54 Å². The fraction of sp³-hybridized carbons (Fsp3) is 0.333. The molecular weight excluding hydrogens is 286 g/mol. The molecule has 1 aromatic carbocycles. The minimum atomic E-state index is -0.369. The van der Waals surface area contributed by atoms with Crippen molar-refractivity contribution in [2.45, 2.75) is 26.8 Å². The minimum absolute atomic E-state index is 0.0939. The number of nitrogens with zero attached hydrogens (tertiary/aromatic N) is 1. The average Bonchev–Trinajstić information content (AvgIpc) is 2.93. The summed E-state index contributed by atoms with van der Waals surface area (Å²) in [6.45, 7) is 5.50. The molecule has 112 valence electrons. The topological polar surface area (TPSA) is 67.2 Å². The Kier molecular flexibility index (Phi) is 5.16. The lowest BCUT2D eigenvalue weighted by atomic mass is 10.2. The number of nitro groups is 1. The van der Waals surface area contributed by atoms with Crippen molar-refractivity contribution in [2.24, 2.45) is 0 Å². The van der Waals surface area contributed by atoms with Gasteiger partial charge in [0.05, 0.1) is 4.92 Å². The molecule has 1 aromatic heterocycles. The Morgan fingerprint density at radius 1 is 1.10 bits per heavy atom. The molecule has 1 heterocycles. The first-order valence-electron chi connectivity index (χ1n) is 6.97. The second-order valence-electron chi connectivity index (χ2n) is 4.63. The van der Waals surface area contributed by atoms with Crippen LogP contribution in [0, 0.1) is 10.1 Å². The van der Waals surface area contributed by atoms with E-state index in [9.17, 15) is 10.1 Å². The van der Waals surface area contributed by atoms with Crippen molar-refractivity contribution in [1.82, 2.24) is 0 Å². The summed E-state index contributed by atoms with van der Waals surface area (Å²) < 4.78 is 0. The molecule has 0 aliphatic heterocycles. The number of thiophene rings is 1. The van der Waals surface area contributed by atoms with Crippen molar-refractivity contribution in [3.8, 4) is 0 Å². The fourth-order valence-corrected chi connectivity index (χ4v) is 2.92. The summed E-state index contributed by atoms with van der Waals surface area (Å²) in [7, 11) is 0. The highest BCUT2D eigenvalue weighted by molar-refractivity contribution is 7.12. The first-order valence-corrected chi connectivity index (χ1v) is 7.78. The van der Waals surface area contributed by atoms with Crippen molar-refractivity contribution in [3.63, 3.8) is 0 Å². The van der Waals surface area contributed by atoms with Crippen molar-refractivity contribution in [1.29, 1.82) is 0 Å². The zero-order valence-corrected chi connectivity index (χ0v) is 13.0. The molecule has 0 amide bonds. The smallest absolute Gasteiger partial charge is 0.273 e. The van der Waals surface area contributed by atoms with E-state index in [-0.39, 0.29) is 10.6 Å². The van der Waals surface area contributed by atoms with Crippen LogP contribution in [-0.2, 0) is 13.0 Å². The Labute approximate surface area is 128 Å². The molecule has 2 N–H and O–H groups in total. The van der Waals surface area contributed by atoms with Gasteiger partial charge in [-0.2, -0.15) is 0 Å². The van der Waals surface area contributed by atoms with Gasteiger partial charge in [0.1, 0.15) is 0 Å². The van der Waals surface area contributed by atoms with Gasteiger partial charge in [0, 0.05) is 46.4 Å². The van der Waals surface area contributed by atoms with Crippen molar-refractivity contribution in [2.75, 3.05) is 17.2 Å². The van der Waals surface area contributed by atoms with Gasteiger partial charge in [-0.25, -0.2) is 0 Å². The van der Waals surface area contributed by atoms with E-state index in [0.717, 1.165) is 24.3 Å². The van der Waals surface area contributed by atoms with Gasteiger partial charge in [-0.15, -0.1) is 11.3 Å². The monoisotopic (exact) mass is 305 g/mol. The molecule has 0 unspecified atom stereocenters. The van der Waals surface area contributed by atoms with Gasteiger partial charge in [0.15, 0.2) is 0 Å². The Morgan fingerprint density at radius 3 is 2.33 bits per heavy atom. The SMILES string of the molecule is CCNc1cc(NCc2ccc(CC)s2)cc([N+](=O)[O-])c1. The molecule has 2 rings (SSSR count). The number of nitro benzene ring substituents is 1. The summed E-state index contributed by atoms with van der Waals surface area (Å²) in [6.07, 6.45) is 1.03. The molecule has 0 spiro atoms. The van der Waals surface area contributed by atoms with Crippen LogP contribution in [0.25, 0.3) is 0 Å². The van der Waals surface area contributed by atoms with Crippen LogP contribution in [0.4, 0.5) is 17.1 Å². The van der Waals surface area contributed by atoms with E-state index in [4.69, 9.17) is 0 Å². The number of anilines is 2. The van der Waals surface area contributed by atoms with Gasteiger partial charge >= 0.3 is 0 Å². The number of nitrogens with one attached hydrogen (secondary N) is 2. The quantitative estimate of drug-likeness (QED) is 0.592. The molecular formula is C15H19N3O2S. The van der Waals surface area contributed by atoms with Crippen LogP contribution in [0.3, 0.4) is 0 Å². The molecule has 0 bridgehead atoms. The number of non-ortho nitro benzene ring substituents is 1. The van der Waals surface area contributed by atoms with Crippen LogP contribution in [0.2, 0.25) is 0 Å². The maximum absolute atomic E-state index is 11.0. The van der Waals surface area contributed by atoms with Gasteiger partial charge in [0.25, 0.3) is 5.69 Å². The minimum Gasteiger partial charge on any atom is -0.385 e. The maximum Gasteiger partial charge on any atom is 0.273 e. The molecule has 2 aromatic rings. The summed E-state index contributed by atoms with van der Waals surface area (Å²) in [5, 5.41) is 17.3. The first-order chi connectivity index (χ1) is 10.1. The summed E-state index contributed by atoms with van der Waals surface area (Å²) in [5.74, 6) is 0. The molecule has 5 nitrogen and oxygen atoms in total. The molecule has 0 saturated heterocycles. The van der Waals surface area contributed by atoms with Crippen molar-refractivity contribution >= 4 is 28.4 Å². The Morgan fingerprint density at radius 2 is 1.76 bits per heavy atom. The van der Waals surface area contributed by atoms with Crippen LogP contribution in [0.5, 0.6) is 0 Å². The highest BCUT2D eigenvalue weighted by Gasteiger charge is 2.09. The van der Waals surface area contributed by atoms with Crippen molar-refractivity contribution < 1.29 is 4.92 Å². The van der Waals surface area contributed by atoms with Gasteiger partial charge in [-0.3, -0.25) is 10.1 Å². The standard InChI is InChI=1S/C15H19N3O2S/c1-3-14-5-6-15(21-14)10-17-12-7-11(16-4-2)8-13(9-12)18(19)20/h5-9,16-17H,3-4,10H2,1-2H3. The van der Waals surface area contributed by atoms with Crippen LogP contribution >= 0.6 is 11.3 Å². The van der Waals surface area contributed by atoms with Gasteiger partial charge < -0.3 is 10.6 Å². The summed E-state index contributed by atoms with van der Waals surface area (Å²) >= 11 is 1.77. The Hall–Kier alpha value is -2.08. The normalized spacial score (nSPS) is 10.4. The highest BCUT2D eigenvalue weighted by atomic mass is 32.1. The number of benzene rings is 1. The number of aryl methyl sites for hydroxylation is 1. The number of rotatable bonds is 7. The van der Waals surface area contributed by atoms with E-state index < -0.39 is 0 Å². The fourth-order valence-electron chi connectivity index (χ4n) is 2.02. The molecule has 6 heteroatoms. The van der Waals surface area contributed by atoms with Gasteiger partial charge in [0.2, 0.25) is 0 Å².